The van der Waals surface area contributed by atoms with Gasteiger partial charge in [0.2, 0.25) is 17.5 Å². The number of amides is 2. The molecule has 29 heavy (non-hydrogen) atoms. The molecule has 2 aromatic carbocycles. The van der Waals surface area contributed by atoms with Crippen LogP contribution in [0.1, 0.15) is 11.5 Å². The molecular weight excluding hydrogens is 376 g/mol. The van der Waals surface area contributed by atoms with Crippen LogP contribution in [0.4, 0.5) is 10.5 Å². The van der Waals surface area contributed by atoms with Crippen molar-refractivity contribution in [3.63, 3.8) is 0 Å². The van der Waals surface area contributed by atoms with Crippen LogP contribution in [0, 0.1) is 6.92 Å². The van der Waals surface area contributed by atoms with E-state index in [0.29, 0.717) is 34.3 Å². The highest BCUT2D eigenvalue weighted by Crippen LogP contribution is 2.40. The second-order valence-corrected chi connectivity index (χ2v) is 6.10. The summed E-state index contributed by atoms with van der Waals surface area (Å²) in [6.07, 6.45) is 0. The summed E-state index contributed by atoms with van der Waals surface area (Å²) in [5.41, 5.74) is 2.43. The van der Waals surface area contributed by atoms with Crippen LogP contribution in [0.3, 0.4) is 0 Å². The number of anilines is 1. The maximum atomic E-state index is 12.0. The number of carbonyl (C=O) groups excluding carboxylic acids is 1. The van der Waals surface area contributed by atoms with Crippen molar-refractivity contribution in [3.8, 4) is 28.6 Å². The monoisotopic (exact) mass is 398 g/mol. The van der Waals surface area contributed by atoms with Gasteiger partial charge >= 0.3 is 6.03 Å². The summed E-state index contributed by atoms with van der Waals surface area (Å²) < 4.78 is 21.2. The molecule has 9 nitrogen and oxygen atoms in total. The molecule has 3 rings (SSSR count). The summed E-state index contributed by atoms with van der Waals surface area (Å²) >= 11 is 0. The fourth-order valence-electron chi connectivity index (χ4n) is 2.62. The number of urea groups is 1. The van der Waals surface area contributed by atoms with Crippen LogP contribution in [0.25, 0.3) is 11.4 Å². The van der Waals surface area contributed by atoms with Crippen molar-refractivity contribution in [2.75, 3.05) is 26.6 Å². The summed E-state index contributed by atoms with van der Waals surface area (Å²) in [4.78, 5) is 16.3. The molecule has 9 heteroatoms. The van der Waals surface area contributed by atoms with Crippen molar-refractivity contribution in [2.45, 2.75) is 13.5 Å². The number of rotatable bonds is 7. The third kappa shape index (κ3) is 4.75. The highest BCUT2D eigenvalue weighted by Gasteiger charge is 2.17. The number of aromatic nitrogens is 2. The van der Waals surface area contributed by atoms with Crippen molar-refractivity contribution in [1.29, 1.82) is 0 Å². The number of hydrogen-bond acceptors (Lipinski definition) is 7. The average Bonchev–Trinajstić information content (AvgIpc) is 3.22. The third-order valence-electron chi connectivity index (χ3n) is 4.10. The van der Waals surface area contributed by atoms with Gasteiger partial charge in [0.25, 0.3) is 0 Å². The first-order chi connectivity index (χ1) is 14.0. The SMILES string of the molecule is COc1cc(-c2noc(CNC(=O)Nc3ccc(C)cc3)n2)cc(OC)c1OC. The minimum Gasteiger partial charge on any atom is -0.493 e. The summed E-state index contributed by atoms with van der Waals surface area (Å²) in [6, 6.07) is 10.5. The molecule has 3 aromatic rings. The molecule has 0 saturated carbocycles. The number of ether oxygens (including phenoxy) is 3. The maximum absolute atomic E-state index is 12.0. The maximum Gasteiger partial charge on any atom is 0.319 e. The van der Waals surface area contributed by atoms with E-state index < -0.39 is 0 Å². The van der Waals surface area contributed by atoms with E-state index in [1.165, 1.54) is 21.3 Å². The van der Waals surface area contributed by atoms with Crippen LogP contribution in [0.2, 0.25) is 0 Å². The van der Waals surface area contributed by atoms with Crippen LogP contribution in [-0.4, -0.2) is 37.5 Å². The zero-order valence-electron chi connectivity index (χ0n) is 16.6. The topological polar surface area (TPSA) is 108 Å². The zero-order valence-corrected chi connectivity index (χ0v) is 16.6. The molecule has 2 amide bonds. The first kappa shape index (κ1) is 20.0. The van der Waals surface area contributed by atoms with Gasteiger partial charge in [-0.25, -0.2) is 4.79 Å². The van der Waals surface area contributed by atoms with Gasteiger partial charge in [-0.15, -0.1) is 0 Å². The Morgan fingerprint density at radius 3 is 2.28 bits per heavy atom. The van der Waals surface area contributed by atoms with Gasteiger partial charge in [0, 0.05) is 11.3 Å². The van der Waals surface area contributed by atoms with Crippen LogP contribution in [-0.2, 0) is 6.54 Å². The molecule has 0 fully saturated rings. The lowest BCUT2D eigenvalue weighted by atomic mass is 10.1. The quantitative estimate of drug-likeness (QED) is 0.628. The van der Waals surface area contributed by atoms with E-state index in [9.17, 15) is 4.79 Å². The third-order valence-corrected chi connectivity index (χ3v) is 4.10. The van der Waals surface area contributed by atoms with Gasteiger partial charge < -0.3 is 29.4 Å². The van der Waals surface area contributed by atoms with Gasteiger partial charge in [0.15, 0.2) is 11.5 Å². The van der Waals surface area contributed by atoms with Crippen LogP contribution in [0.15, 0.2) is 40.9 Å². The summed E-state index contributed by atoms with van der Waals surface area (Å²) in [5.74, 6) is 2.01. The largest absolute Gasteiger partial charge is 0.493 e. The van der Waals surface area contributed by atoms with Crippen molar-refractivity contribution in [2.24, 2.45) is 0 Å². The number of carbonyl (C=O) groups is 1. The number of aryl methyl sites for hydroxylation is 1. The molecule has 0 bridgehead atoms. The highest BCUT2D eigenvalue weighted by molar-refractivity contribution is 5.89. The average molecular weight is 398 g/mol. The summed E-state index contributed by atoms with van der Waals surface area (Å²) in [5, 5.41) is 9.36. The lowest BCUT2D eigenvalue weighted by Gasteiger charge is -2.12. The molecule has 0 saturated heterocycles. The molecule has 152 valence electrons. The molecule has 0 atom stereocenters. The molecule has 0 aliphatic carbocycles. The number of methoxy groups -OCH3 is 3. The summed E-state index contributed by atoms with van der Waals surface area (Å²) in [6.45, 7) is 2.06. The fourth-order valence-corrected chi connectivity index (χ4v) is 2.62. The summed E-state index contributed by atoms with van der Waals surface area (Å²) in [7, 11) is 4.58. The van der Waals surface area contributed by atoms with E-state index in [1.54, 1.807) is 12.1 Å². The number of nitrogens with zero attached hydrogens (tertiary/aromatic N) is 2. The van der Waals surface area contributed by atoms with Crippen LogP contribution in [0.5, 0.6) is 17.2 Å². The smallest absolute Gasteiger partial charge is 0.319 e. The van der Waals surface area contributed by atoms with E-state index >= 15 is 0 Å². The predicted molar refractivity (Wildman–Crippen MR) is 106 cm³/mol. The Morgan fingerprint density at radius 1 is 1.03 bits per heavy atom. The molecule has 0 aliphatic heterocycles. The Bertz CT molecular complexity index is 960. The number of benzene rings is 2. The predicted octanol–water partition coefficient (Wildman–Crippen LogP) is 3.39. The van der Waals surface area contributed by atoms with Gasteiger partial charge in [0.05, 0.1) is 27.9 Å². The minimum absolute atomic E-state index is 0.0785. The lowest BCUT2D eigenvalue weighted by molar-refractivity contribution is 0.249. The lowest BCUT2D eigenvalue weighted by Crippen LogP contribution is -2.28. The van der Waals surface area contributed by atoms with Crippen LogP contribution < -0.4 is 24.8 Å². The van der Waals surface area contributed by atoms with Crippen molar-refractivity contribution in [3.05, 3.63) is 47.9 Å². The minimum atomic E-state index is -0.374. The van der Waals surface area contributed by atoms with Gasteiger partial charge in [-0.05, 0) is 31.2 Å². The molecule has 0 radical (unpaired) electrons. The Morgan fingerprint density at radius 2 is 1.69 bits per heavy atom. The van der Waals surface area contributed by atoms with E-state index in [2.05, 4.69) is 20.8 Å². The molecule has 0 spiro atoms. The van der Waals surface area contributed by atoms with E-state index in [4.69, 9.17) is 18.7 Å². The van der Waals surface area contributed by atoms with Gasteiger partial charge in [0.1, 0.15) is 0 Å². The first-order valence-electron chi connectivity index (χ1n) is 8.78. The molecule has 1 aromatic heterocycles. The number of nitrogens with one attached hydrogen (secondary N) is 2. The Hall–Kier alpha value is -3.75. The Labute approximate surface area is 168 Å². The number of hydrogen-bond donors (Lipinski definition) is 2. The zero-order chi connectivity index (χ0) is 20.8. The standard InChI is InChI=1S/C20H22N4O5/c1-12-5-7-14(8-6-12)22-20(25)21-11-17-23-19(24-29-17)13-9-15(26-2)18(28-4)16(10-13)27-3/h5-10H,11H2,1-4H3,(H2,21,22,25). The molecule has 2 N–H and O–H groups in total. The molecule has 1 heterocycles. The molecule has 0 aliphatic rings. The normalized spacial score (nSPS) is 10.3. The van der Waals surface area contributed by atoms with Gasteiger partial charge in [-0.2, -0.15) is 4.98 Å². The van der Waals surface area contributed by atoms with Crippen molar-refractivity contribution < 1.29 is 23.5 Å². The second-order valence-electron chi connectivity index (χ2n) is 6.10. The van der Waals surface area contributed by atoms with Crippen molar-refractivity contribution >= 4 is 11.7 Å². The van der Waals surface area contributed by atoms with Gasteiger partial charge in [-0.3, -0.25) is 0 Å². The fraction of sp³-hybridized carbons (Fsp3) is 0.250. The molecular formula is C20H22N4O5. The first-order valence-corrected chi connectivity index (χ1v) is 8.78. The van der Waals surface area contributed by atoms with Crippen LogP contribution >= 0.6 is 0 Å². The Balaban J connectivity index is 1.67. The molecule has 0 unspecified atom stereocenters. The second kappa shape index (κ2) is 8.96. The van der Waals surface area contributed by atoms with E-state index in [-0.39, 0.29) is 18.5 Å². The highest BCUT2D eigenvalue weighted by atomic mass is 16.5. The van der Waals surface area contributed by atoms with E-state index in [1.807, 2.05) is 31.2 Å². The van der Waals surface area contributed by atoms with E-state index in [0.717, 1.165) is 5.56 Å². The van der Waals surface area contributed by atoms with Gasteiger partial charge in [-0.1, -0.05) is 22.9 Å². The van der Waals surface area contributed by atoms with Crippen molar-refractivity contribution in [1.82, 2.24) is 15.5 Å². The Kier molecular flexibility index (Phi) is 6.18.